The van der Waals surface area contributed by atoms with Gasteiger partial charge < -0.3 is 14.6 Å². The Morgan fingerprint density at radius 1 is 1.15 bits per heavy atom. The van der Waals surface area contributed by atoms with Gasteiger partial charge in [-0.1, -0.05) is 18.0 Å². The summed E-state index contributed by atoms with van der Waals surface area (Å²) in [6.07, 6.45) is -0.175. The quantitative estimate of drug-likeness (QED) is 0.524. The molecule has 1 aromatic carbocycles. The number of alkyl halides is 4. The van der Waals surface area contributed by atoms with E-state index in [1.807, 2.05) is 4.90 Å². The van der Waals surface area contributed by atoms with Crippen LogP contribution in [0.1, 0.15) is 57.9 Å². The second-order valence-electron chi connectivity index (χ2n) is 9.69. The van der Waals surface area contributed by atoms with Crippen LogP contribution in [-0.4, -0.2) is 35.7 Å². The molecule has 1 N–H and O–H groups in total. The number of amides is 1. The molecule has 1 aliphatic carbocycles. The van der Waals surface area contributed by atoms with E-state index in [-0.39, 0.29) is 40.9 Å². The van der Waals surface area contributed by atoms with E-state index in [9.17, 15) is 22.4 Å². The minimum Gasteiger partial charge on any atom is -0.423 e. The van der Waals surface area contributed by atoms with E-state index in [1.165, 1.54) is 0 Å². The Bertz CT molecular complexity index is 1010. The normalized spacial score (nSPS) is 23.2. The van der Waals surface area contributed by atoms with E-state index >= 15 is 0 Å². The Balaban J connectivity index is 1.36. The van der Waals surface area contributed by atoms with Crippen LogP contribution in [0.5, 0.6) is 0 Å². The molecule has 1 saturated heterocycles. The monoisotopic (exact) mass is 489 g/mol. The smallest absolute Gasteiger partial charge is 0.417 e. The first-order chi connectivity index (χ1) is 15.4. The van der Waals surface area contributed by atoms with E-state index < -0.39 is 22.4 Å². The largest absolute Gasteiger partial charge is 0.423 e. The van der Waals surface area contributed by atoms with Crippen LogP contribution in [0.25, 0.3) is 11.1 Å². The molecule has 1 amide bonds. The number of rotatable bonds is 4. The first-order valence-electron chi connectivity index (χ1n) is 11.3. The lowest BCUT2D eigenvalue weighted by Crippen LogP contribution is -2.46. The van der Waals surface area contributed by atoms with Gasteiger partial charge in [-0.15, -0.1) is 0 Å². The fourth-order valence-electron chi connectivity index (χ4n) is 4.89. The van der Waals surface area contributed by atoms with Gasteiger partial charge in [0.2, 0.25) is 5.91 Å². The van der Waals surface area contributed by atoms with E-state index in [0.29, 0.717) is 32.4 Å². The molecule has 182 valence electrons. The van der Waals surface area contributed by atoms with Crippen molar-refractivity contribution in [2.24, 2.45) is 11.8 Å². The van der Waals surface area contributed by atoms with Crippen LogP contribution in [0.3, 0.4) is 0 Å². The maximum atomic E-state index is 14.3. The minimum absolute atomic E-state index is 0.00563. The molecule has 10 heteroatoms. The molecule has 1 aliphatic heterocycles. The van der Waals surface area contributed by atoms with Crippen molar-refractivity contribution in [2.75, 3.05) is 18.0 Å². The van der Waals surface area contributed by atoms with Gasteiger partial charge in [-0.2, -0.15) is 18.2 Å². The third-order valence-corrected chi connectivity index (χ3v) is 7.21. The molecule has 2 heterocycles. The molecule has 5 nitrogen and oxygen atoms in total. The average molecular weight is 490 g/mol. The molecule has 2 atom stereocenters. The number of aromatic nitrogens is 1. The van der Waals surface area contributed by atoms with Crippen LogP contribution in [0, 0.1) is 11.8 Å². The lowest BCUT2D eigenvalue weighted by molar-refractivity contribution is -0.137. The van der Waals surface area contributed by atoms with Gasteiger partial charge in [0.05, 0.1) is 10.6 Å². The van der Waals surface area contributed by atoms with Gasteiger partial charge in [-0.25, -0.2) is 4.39 Å². The van der Waals surface area contributed by atoms with Crippen LogP contribution in [0.4, 0.5) is 23.6 Å². The molecular formula is C23H28ClF4N3O2. The Labute approximate surface area is 194 Å². The van der Waals surface area contributed by atoms with Gasteiger partial charge in [0.15, 0.2) is 5.58 Å². The molecule has 1 aromatic heterocycles. The number of hydrogen-bond donors (Lipinski definition) is 1. The maximum Gasteiger partial charge on any atom is 0.417 e. The fourth-order valence-corrected chi connectivity index (χ4v) is 5.15. The number of nitrogens with zero attached hydrogens (tertiary/aromatic N) is 2. The summed E-state index contributed by atoms with van der Waals surface area (Å²) in [6.45, 7) is 4.19. The van der Waals surface area contributed by atoms with E-state index in [1.54, 1.807) is 13.8 Å². The number of benzene rings is 1. The van der Waals surface area contributed by atoms with Gasteiger partial charge in [-0.05, 0) is 64.0 Å². The van der Waals surface area contributed by atoms with Crippen molar-refractivity contribution >= 4 is 34.6 Å². The number of oxazole rings is 1. The SMILES string of the molecule is CC(C)(F)[C@H]1CCC[C@H](NC(=O)C2CCN(c3nc4cc(Cl)c(C(F)(F)F)cc4o3)CC2)C1. The molecular weight excluding hydrogens is 462 g/mol. The highest BCUT2D eigenvalue weighted by Crippen LogP contribution is 2.38. The summed E-state index contributed by atoms with van der Waals surface area (Å²) in [7, 11) is 0. The van der Waals surface area contributed by atoms with Crippen molar-refractivity contribution in [2.45, 2.75) is 70.3 Å². The van der Waals surface area contributed by atoms with Crippen molar-refractivity contribution in [3.63, 3.8) is 0 Å². The number of carbonyl (C=O) groups excluding carboxylic acids is 1. The maximum absolute atomic E-state index is 14.3. The van der Waals surface area contributed by atoms with Gasteiger partial charge in [0.1, 0.15) is 11.2 Å². The minimum atomic E-state index is -4.58. The van der Waals surface area contributed by atoms with Crippen LogP contribution in [0.15, 0.2) is 16.5 Å². The molecule has 4 rings (SSSR count). The predicted octanol–water partition coefficient (Wildman–Crippen LogP) is 6.14. The number of fused-ring (bicyclic) bond motifs is 1. The van der Waals surface area contributed by atoms with Crippen LogP contribution >= 0.6 is 11.6 Å². The third kappa shape index (κ3) is 5.39. The van der Waals surface area contributed by atoms with Crippen LogP contribution in [-0.2, 0) is 11.0 Å². The molecule has 1 saturated carbocycles. The van der Waals surface area contributed by atoms with Gasteiger partial charge in [0.25, 0.3) is 6.01 Å². The number of hydrogen-bond acceptors (Lipinski definition) is 4. The lowest BCUT2D eigenvalue weighted by atomic mass is 9.77. The standard InChI is InChI=1S/C23H28ClF4N3O2/c1-22(2,25)14-4-3-5-15(10-14)29-20(32)13-6-8-31(9-7-13)21-30-18-12-17(24)16(23(26,27)28)11-19(18)33-21/h11-15H,3-10H2,1-2H3,(H,29,32)/t14-,15-/m0/s1. The van der Waals surface area contributed by atoms with Crippen molar-refractivity contribution in [1.82, 2.24) is 10.3 Å². The number of anilines is 1. The zero-order valence-corrected chi connectivity index (χ0v) is 19.4. The van der Waals surface area contributed by atoms with E-state index in [0.717, 1.165) is 31.4 Å². The molecule has 0 unspecified atom stereocenters. The van der Waals surface area contributed by atoms with Gasteiger partial charge in [-0.3, -0.25) is 4.79 Å². The summed E-state index contributed by atoms with van der Waals surface area (Å²) in [5.41, 5.74) is -1.94. The Morgan fingerprint density at radius 2 is 1.85 bits per heavy atom. The van der Waals surface area contributed by atoms with Gasteiger partial charge in [0, 0.05) is 25.0 Å². The van der Waals surface area contributed by atoms with Crippen LogP contribution in [0.2, 0.25) is 5.02 Å². The summed E-state index contributed by atoms with van der Waals surface area (Å²) in [4.78, 5) is 18.9. The summed E-state index contributed by atoms with van der Waals surface area (Å²) in [6, 6.07) is 2.24. The van der Waals surface area contributed by atoms with Gasteiger partial charge >= 0.3 is 6.18 Å². The molecule has 0 bridgehead atoms. The van der Waals surface area contributed by atoms with Crippen molar-refractivity contribution in [1.29, 1.82) is 0 Å². The van der Waals surface area contributed by atoms with Crippen molar-refractivity contribution in [3.05, 3.63) is 22.7 Å². The van der Waals surface area contributed by atoms with Crippen molar-refractivity contribution < 1.29 is 26.8 Å². The molecule has 33 heavy (non-hydrogen) atoms. The summed E-state index contributed by atoms with van der Waals surface area (Å²) in [5.74, 6) is -0.240. The topological polar surface area (TPSA) is 58.4 Å². The average Bonchev–Trinajstić information content (AvgIpc) is 3.15. The summed E-state index contributed by atoms with van der Waals surface area (Å²) >= 11 is 5.77. The highest BCUT2D eigenvalue weighted by molar-refractivity contribution is 6.32. The first kappa shape index (κ1) is 24.1. The number of halogens is 5. The number of piperidine rings is 1. The Hall–Kier alpha value is -2.03. The Morgan fingerprint density at radius 3 is 2.48 bits per heavy atom. The molecule has 0 radical (unpaired) electrons. The van der Waals surface area contributed by atoms with E-state index in [2.05, 4.69) is 10.3 Å². The fraction of sp³-hybridized carbons (Fsp3) is 0.652. The third-order valence-electron chi connectivity index (χ3n) is 6.90. The lowest BCUT2D eigenvalue weighted by Gasteiger charge is -2.36. The zero-order valence-electron chi connectivity index (χ0n) is 18.6. The second kappa shape index (κ2) is 8.96. The first-order valence-corrected chi connectivity index (χ1v) is 11.7. The highest BCUT2D eigenvalue weighted by Gasteiger charge is 2.36. The number of carbonyl (C=O) groups is 1. The van der Waals surface area contributed by atoms with Crippen LogP contribution < -0.4 is 10.2 Å². The summed E-state index contributed by atoms with van der Waals surface area (Å²) < 4.78 is 59.2. The molecule has 2 fully saturated rings. The second-order valence-corrected chi connectivity index (χ2v) is 10.1. The zero-order chi connectivity index (χ0) is 24.0. The predicted molar refractivity (Wildman–Crippen MR) is 118 cm³/mol. The highest BCUT2D eigenvalue weighted by atomic mass is 35.5. The molecule has 0 spiro atoms. The Kier molecular flexibility index (Phi) is 6.55. The number of nitrogens with one attached hydrogen (secondary N) is 1. The van der Waals surface area contributed by atoms with Crippen molar-refractivity contribution in [3.8, 4) is 0 Å². The summed E-state index contributed by atoms with van der Waals surface area (Å²) in [5, 5.41) is 2.68. The molecule has 2 aliphatic rings. The molecule has 2 aromatic rings. The van der Waals surface area contributed by atoms with E-state index in [4.69, 9.17) is 16.0 Å².